The normalized spacial score (nSPS) is 22.4. The van der Waals surface area contributed by atoms with Crippen molar-refractivity contribution in [3.05, 3.63) is 22.2 Å². The van der Waals surface area contributed by atoms with Crippen molar-refractivity contribution in [2.24, 2.45) is 0 Å². The van der Waals surface area contributed by atoms with E-state index in [0.29, 0.717) is 18.1 Å². The molecule has 3 heterocycles. The highest BCUT2D eigenvalue weighted by molar-refractivity contribution is 5.78. The third-order valence-corrected chi connectivity index (χ3v) is 4.33. The number of likely N-dealkylation sites (tertiary alicyclic amines) is 1. The van der Waals surface area contributed by atoms with Gasteiger partial charge in [-0.25, -0.2) is 4.98 Å². The maximum absolute atomic E-state index is 11.9. The van der Waals surface area contributed by atoms with E-state index in [1.54, 1.807) is 7.11 Å². The van der Waals surface area contributed by atoms with Crippen molar-refractivity contribution in [3.8, 4) is 0 Å². The Morgan fingerprint density at radius 1 is 1.36 bits per heavy atom. The number of carbonyl (C=O) groups excluding carboxylic acids is 1. The van der Waals surface area contributed by atoms with Crippen molar-refractivity contribution >= 4 is 11.7 Å². The fraction of sp³-hybridized carbons (Fsp3) is 0.667. The van der Waals surface area contributed by atoms with Crippen LogP contribution in [0.25, 0.3) is 0 Å². The number of rotatable bonds is 4. The molecule has 0 aliphatic carbocycles. The smallest absolute Gasteiger partial charge is 0.253 e. The molecule has 3 rings (SSSR count). The second-order valence-electron chi connectivity index (χ2n) is 5.92. The van der Waals surface area contributed by atoms with E-state index in [2.05, 4.69) is 14.9 Å². The van der Waals surface area contributed by atoms with Gasteiger partial charge in [0.2, 0.25) is 5.91 Å². The average molecular weight is 306 g/mol. The van der Waals surface area contributed by atoms with E-state index in [4.69, 9.17) is 4.74 Å². The summed E-state index contributed by atoms with van der Waals surface area (Å²) in [7, 11) is 1.57. The van der Waals surface area contributed by atoms with Crippen LogP contribution in [-0.2, 0) is 16.1 Å². The summed E-state index contributed by atoms with van der Waals surface area (Å²) >= 11 is 0. The minimum atomic E-state index is -0.170. The van der Waals surface area contributed by atoms with Gasteiger partial charge in [0.1, 0.15) is 18.2 Å². The molecular weight excluding hydrogens is 284 g/mol. The lowest BCUT2D eigenvalue weighted by Crippen LogP contribution is -2.49. The molecule has 1 atom stereocenters. The molecule has 0 bridgehead atoms. The second-order valence-corrected chi connectivity index (χ2v) is 5.92. The van der Waals surface area contributed by atoms with E-state index in [0.717, 1.165) is 38.9 Å². The number of piperidine rings is 1. The predicted molar refractivity (Wildman–Crippen MR) is 81.8 cm³/mol. The van der Waals surface area contributed by atoms with Gasteiger partial charge >= 0.3 is 0 Å². The molecule has 1 aromatic rings. The Kier molecular flexibility index (Phi) is 4.42. The number of amides is 1. The number of carbonyl (C=O) groups is 1. The number of ether oxygens (including phenoxy) is 1. The third kappa shape index (κ3) is 3.14. The maximum Gasteiger partial charge on any atom is 0.253 e. The van der Waals surface area contributed by atoms with Gasteiger partial charge < -0.3 is 19.5 Å². The molecule has 1 unspecified atom stereocenters. The number of nitrogens with one attached hydrogen (secondary N) is 1. The van der Waals surface area contributed by atoms with Crippen molar-refractivity contribution in [1.82, 2.24) is 14.9 Å². The lowest BCUT2D eigenvalue weighted by Gasteiger charge is -2.38. The summed E-state index contributed by atoms with van der Waals surface area (Å²) in [6.07, 6.45) is 3.65. The Morgan fingerprint density at radius 3 is 2.95 bits per heavy atom. The summed E-state index contributed by atoms with van der Waals surface area (Å²) in [5.74, 6) is 1.46. The Morgan fingerprint density at radius 2 is 2.23 bits per heavy atom. The minimum Gasteiger partial charge on any atom is -0.377 e. The summed E-state index contributed by atoms with van der Waals surface area (Å²) < 4.78 is 5.04. The highest BCUT2D eigenvalue weighted by atomic mass is 16.5. The summed E-state index contributed by atoms with van der Waals surface area (Å²) in [5.41, 5.74) is -0.170. The number of hydrogen-bond donors (Lipinski definition) is 1. The van der Waals surface area contributed by atoms with Crippen molar-refractivity contribution in [2.45, 2.75) is 38.3 Å². The molecule has 7 heteroatoms. The molecule has 120 valence electrons. The number of H-pyrrole nitrogens is 1. The van der Waals surface area contributed by atoms with E-state index < -0.39 is 0 Å². The van der Waals surface area contributed by atoms with Crippen LogP contribution >= 0.6 is 0 Å². The fourth-order valence-corrected chi connectivity index (χ4v) is 3.33. The fourth-order valence-electron chi connectivity index (χ4n) is 3.33. The van der Waals surface area contributed by atoms with Crippen molar-refractivity contribution in [2.75, 3.05) is 31.6 Å². The summed E-state index contributed by atoms with van der Waals surface area (Å²) in [4.78, 5) is 35.0. The van der Waals surface area contributed by atoms with E-state index in [1.807, 2.05) is 4.90 Å². The van der Waals surface area contributed by atoms with Crippen LogP contribution in [0.2, 0.25) is 0 Å². The van der Waals surface area contributed by atoms with Crippen LogP contribution in [0.4, 0.5) is 5.82 Å². The van der Waals surface area contributed by atoms with Crippen LogP contribution in [0.3, 0.4) is 0 Å². The van der Waals surface area contributed by atoms with Crippen LogP contribution < -0.4 is 10.5 Å². The van der Waals surface area contributed by atoms with Gasteiger partial charge in [0.25, 0.3) is 5.56 Å². The van der Waals surface area contributed by atoms with Crippen LogP contribution in [0.15, 0.2) is 10.9 Å². The van der Waals surface area contributed by atoms with E-state index in [-0.39, 0.29) is 24.1 Å². The van der Waals surface area contributed by atoms with Crippen LogP contribution in [0.5, 0.6) is 0 Å². The zero-order valence-corrected chi connectivity index (χ0v) is 12.9. The Hall–Kier alpha value is -1.89. The van der Waals surface area contributed by atoms with Crippen LogP contribution in [-0.4, -0.2) is 53.6 Å². The summed E-state index contributed by atoms with van der Waals surface area (Å²) in [6.45, 7) is 2.75. The molecule has 1 amide bonds. The standard InChI is InChI=1S/C15H22N4O3/c1-22-10-12-16-13(8-14(20)17-12)18-6-2-4-11(9-18)19-7-3-5-15(19)21/h8,11H,2-7,9-10H2,1H3,(H,16,17,20). The first kappa shape index (κ1) is 15.0. The van der Waals surface area contributed by atoms with Gasteiger partial charge in [0, 0.05) is 45.3 Å². The van der Waals surface area contributed by atoms with Gasteiger partial charge in [-0.3, -0.25) is 9.59 Å². The molecule has 1 aromatic heterocycles. The lowest BCUT2D eigenvalue weighted by molar-refractivity contribution is -0.129. The van der Waals surface area contributed by atoms with Crippen molar-refractivity contribution in [1.29, 1.82) is 0 Å². The molecule has 0 aromatic carbocycles. The number of aromatic nitrogens is 2. The molecule has 0 radical (unpaired) electrons. The average Bonchev–Trinajstić information content (AvgIpc) is 2.93. The monoisotopic (exact) mass is 306 g/mol. The first-order valence-electron chi connectivity index (χ1n) is 7.81. The molecule has 2 aliphatic rings. The molecule has 2 saturated heterocycles. The first-order chi connectivity index (χ1) is 10.7. The highest BCUT2D eigenvalue weighted by Crippen LogP contribution is 2.23. The number of anilines is 1. The van der Waals surface area contributed by atoms with Gasteiger partial charge in [-0.1, -0.05) is 0 Å². The van der Waals surface area contributed by atoms with Gasteiger partial charge in [0.15, 0.2) is 0 Å². The maximum atomic E-state index is 11.9. The molecule has 22 heavy (non-hydrogen) atoms. The molecule has 2 fully saturated rings. The molecule has 7 nitrogen and oxygen atoms in total. The van der Waals surface area contributed by atoms with Gasteiger partial charge in [0.05, 0.1) is 0 Å². The molecular formula is C15H22N4O3. The Balaban J connectivity index is 1.76. The van der Waals surface area contributed by atoms with E-state index in [9.17, 15) is 9.59 Å². The predicted octanol–water partition coefficient (Wildman–Crippen LogP) is 0.508. The topological polar surface area (TPSA) is 78.5 Å². The highest BCUT2D eigenvalue weighted by Gasteiger charge is 2.31. The SMILES string of the molecule is COCc1nc(N2CCCC(N3CCCC3=O)C2)cc(=O)[nH]1. The second kappa shape index (κ2) is 6.48. The molecule has 0 spiro atoms. The number of aromatic amines is 1. The quantitative estimate of drug-likeness (QED) is 0.877. The van der Waals surface area contributed by atoms with Crippen LogP contribution in [0.1, 0.15) is 31.5 Å². The van der Waals surface area contributed by atoms with Crippen molar-refractivity contribution < 1.29 is 9.53 Å². The zero-order valence-electron chi connectivity index (χ0n) is 12.9. The van der Waals surface area contributed by atoms with Crippen LogP contribution in [0, 0.1) is 0 Å². The third-order valence-electron chi connectivity index (χ3n) is 4.33. The van der Waals surface area contributed by atoms with Crippen molar-refractivity contribution in [3.63, 3.8) is 0 Å². The molecule has 2 aliphatic heterocycles. The zero-order chi connectivity index (χ0) is 15.5. The van der Waals surface area contributed by atoms with E-state index >= 15 is 0 Å². The van der Waals surface area contributed by atoms with Gasteiger partial charge in [-0.05, 0) is 19.3 Å². The Labute approximate surface area is 129 Å². The minimum absolute atomic E-state index is 0.170. The Bertz CT molecular complexity index is 601. The molecule has 0 saturated carbocycles. The lowest BCUT2D eigenvalue weighted by atomic mass is 10.0. The summed E-state index contributed by atoms with van der Waals surface area (Å²) in [6, 6.07) is 1.75. The molecule has 1 N–H and O–H groups in total. The number of hydrogen-bond acceptors (Lipinski definition) is 5. The van der Waals surface area contributed by atoms with Gasteiger partial charge in [-0.15, -0.1) is 0 Å². The number of nitrogens with zero attached hydrogens (tertiary/aromatic N) is 3. The summed E-state index contributed by atoms with van der Waals surface area (Å²) in [5, 5.41) is 0. The van der Waals surface area contributed by atoms with Gasteiger partial charge in [-0.2, -0.15) is 0 Å². The van der Waals surface area contributed by atoms with E-state index in [1.165, 1.54) is 6.07 Å². The number of methoxy groups -OCH3 is 1. The largest absolute Gasteiger partial charge is 0.377 e. The first-order valence-corrected chi connectivity index (χ1v) is 7.81.